The zero-order chi connectivity index (χ0) is 20.3. The van der Waals surface area contributed by atoms with E-state index in [0.29, 0.717) is 25.2 Å². The molecule has 3 aromatic rings. The molecule has 0 radical (unpaired) electrons. The van der Waals surface area contributed by atoms with Gasteiger partial charge in [0.1, 0.15) is 11.6 Å². The lowest BCUT2D eigenvalue weighted by molar-refractivity contribution is 0.0715. The Hall–Kier alpha value is -2.95. The lowest BCUT2D eigenvalue weighted by atomic mass is 10.1. The Bertz CT molecular complexity index is 1010. The maximum Gasteiger partial charge on any atom is 0.254 e. The number of fused-ring (bicyclic) bond motifs is 1. The number of benzene rings is 2. The van der Waals surface area contributed by atoms with Crippen LogP contribution in [0.5, 0.6) is 0 Å². The molecular formula is C23H26FN3O. The molecule has 1 amide bonds. The van der Waals surface area contributed by atoms with Gasteiger partial charge in [0, 0.05) is 18.7 Å². The van der Waals surface area contributed by atoms with Crippen LogP contribution in [0.4, 0.5) is 4.39 Å². The van der Waals surface area contributed by atoms with Crippen LogP contribution in [0.3, 0.4) is 0 Å². The van der Waals surface area contributed by atoms with Gasteiger partial charge >= 0.3 is 0 Å². The third kappa shape index (κ3) is 4.14. The van der Waals surface area contributed by atoms with Gasteiger partial charge in [-0.1, -0.05) is 38.1 Å². The van der Waals surface area contributed by atoms with Gasteiger partial charge in [-0.2, -0.15) is 0 Å². The highest BCUT2D eigenvalue weighted by Gasteiger charge is 2.22. The fourth-order valence-electron chi connectivity index (χ4n) is 3.40. The number of nitrogens with zero attached hydrogens (tertiary/aromatic N) is 3. The summed E-state index contributed by atoms with van der Waals surface area (Å²) in [6.45, 7) is 11.3. The molecule has 0 N–H and O–H groups in total. The maximum atomic E-state index is 13.8. The maximum absolute atomic E-state index is 13.8. The molecule has 3 rings (SSSR count). The van der Waals surface area contributed by atoms with Crippen molar-refractivity contribution in [2.75, 3.05) is 6.54 Å². The number of carbonyl (C=O) groups excluding carboxylic acids is 1. The van der Waals surface area contributed by atoms with Gasteiger partial charge in [-0.05, 0) is 42.7 Å². The molecule has 4 nitrogen and oxygen atoms in total. The van der Waals surface area contributed by atoms with E-state index in [1.54, 1.807) is 11.0 Å². The zero-order valence-corrected chi connectivity index (χ0v) is 16.7. The van der Waals surface area contributed by atoms with E-state index in [2.05, 4.69) is 25.0 Å². The number of aromatic nitrogens is 2. The second-order valence-electron chi connectivity index (χ2n) is 7.45. The number of hydrogen-bond acceptors (Lipinski definition) is 2. The molecule has 0 fully saturated rings. The van der Waals surface area contributed by atoms with Crippen LogP contribution in [0.1, 0.15) is 35.6 Å². The third-order valence-electron chi connectivity index (χ3n) is 4.68. The van der Waals surface area contributed by atoms with Crippen LogP contribution in [0.2, 0.25) is 0 Å². The van der Waals surface area contributed by atoms with E-state index in [4.69, 9.17) is 4.98 Å². The Labute approximate surface area is 165 Å². The van der Waals surface area contributed by atoms with Gasteiger partial charge in [-0.25, -0.2) is 9.37 Å². The van der Waals surface area contributed by atoms with Crippen molar-refractivity contribution in [2.45, 2.75) is 33.9 Å². The van der Waals surface area contributed by atoms with Crippen LogP contribution in [0.15, 0.2) is 55.1 Å². The minimum Gasteiger partial charge on any atom is -0.331 e. The summed E-state index contributed by atoms with van der Waals surface area (Å²) in [5.41, 5.74) is 3.06. The number of allylic oxidation sites excluding steroid dienone is 1. The molecule has 0 spiro atoms. The highest BCUT2D eigenvalue weighted by molar-refractivity contribution is 5.95. The van der Waals surface area contributed by atoms with Gasteiger partial charge < -0.3 is 9.47 Å². The Kier molecular flexibility index (Phi) is 5.93. The smallest absolute Gasteiger partial charge is 0.254 e. The topological polar surface area (TPSA) is 38.1 Å². The molecule has 1 heterocycles. The van der Waals surface area contributed by atoms with Crippen LogP contribution in [0.25, 0.3) is 11.0 Å². The number of para-hydroxylation sites is 2. The molecule has 1 aromatic heterocycles. The SMILES string of the molecule is C=CCn1c(CN(CC(C)C)C(=O)c2cc(F)ccc2C)nc2ccccc21. The van der Waals surface area contributed by atoms with Crippen molar-refractivity contribution in [1.82, 2.24) is 14.5 Å². The molecule has 5 heteroatoms. The summed E-state index contributed by atoms with van der Waals surface area (Å²) in [5.74, 6) is 0.486. The van der Waals surface area contributed by atoms with Crippen molar-refractivity contribution < 1.29 is 9.18 Å². The predicted octanol–water partition coefficient (Wildman–Crippen LogP) is 4.97. The highest BCUT2D eigenvalue weighted by Crippen LogP contribution is 2.20. The van der Waals surface area contributed by atoms with Crippen molar-refractivity contribution in [2.24, 2.45) is 5.92 Å². The van der Waals surface area contributed by atoms with Gasteiger partial charge in [0.25, 0.3) is 5.91 Å². The van der Waals surface area contributed by atoms with E-state index < -0.39 is 5.82 Å². The summed E-state index contributed by atoms with van der Waals surface area (Å²) >= 11 is 0. The lowest BCUT2D eigenvalue weighted by Gasteiger charge is -2.25. The number of imidazole rings is 1. The second-order valence-corrected chi connectivity index (χ2v) is 7.45. The first-order chi connectivity index (χ1) is 13.4. The Morgan fingerprint density at radius 1 is 1.29 bits per heavy atom. The van der Waals surface area contributed by atoms with Gasteiger partial charge in [0.15, 0.2) is 0 Å². The first-order valence-corrected chi connectivity index (χ1v) is 9.51. The van der Waals surface area contributed by atoms with Crippen LogP contribution >= 0.6 is 0 Å². The monoisotopic (exact) mass is 379 g/mol. The fourth-order valence-corrected chi connectivity index (χ4v) is 3.40. The van der Waals surface area contributed by atoms with Crippen molar-refractivity contribution in [3.05, 3.63) is 77.9 Å². The minimum atomic E-state index is -0.405. The Balaban J connectivity index is 2.00. The normalized spacial score (nSPS) is 11.2. The van der Waals surface area contributed by atoms with Gasteiger partial charge in [-0.15, -0.1) is 6.58 Å². The molecule has 146 valence electrons. The molecule has 2 aromatic carbocycles. The molecule has 0 unspecified atom stereocenters. The average Bonchev–Trinajstić information content (AvgIpc) is 3.00. The summed E-state index contributed by atoms with van der Waals surface area (Å²) in [5, 5.41) is 0. The highest BCUT2D eigenvalue weighted by atomic mass is 19.1. The van der Waals surface area contributed by atoms with E-state index in [1.165, 1.54) is 12.1 Å². The molecular weight excluding hydrogens is 353 g/mol. The Morgan fingerprint density at radius 2 is 2.04 bits per heavy atom. The van der Waals surface area contributed by atoms with Gasteiger partial charge in [0.05, 0.1) is 17.6 Å². The van der Waals surface area contributed by atoms with Gasteiger partial charge in [-0.3, -0.25) is 4.79 Å². The lowest BCUT2D eigenvalue weighted by Crippen LogP contribution is -2.35. The van der Waals surface area contributed by atoms with Crippen LogP contribution in [0, 0.1) is 18.7 Å². The zero-order valence-electron chi connectivity index (χ0n) is 16.7. The summed E-state index contributed by atoms with van der Waals surface area (Å²) in [6, 6.07) is 12.2. The van der Waals surface area contributed by atoms with Crippen molar-refractivity contribution >= 4 is 16.9 Å². The van der Waals surface area contributed by atoms with Crippen LogP contribution < -0.4 is 0 Å². The predicted molar refractivity (Wildman–Crippen MR) is 111 cm³/mol. The molecule has 0 saturated heterocycles. The molecule has 0 aliphatic heterocycles. The molecule has 0 saturated carbocycles. The third-order valence-corrected chi connectivity index (χ3v) is 4.68. The number of carbonyl (C=O) groups is 1. The second kappa shape index (κ2) is 8.38. The minimum absolute atomic E-state index is 0.178. The first kappa shape index (κ1) is 19.8. The number of halogens is 1. The number of amides is 1. The van der Waals surface area contributed by atoms with E-state index in [1.807, 2.05) is 37.3 Å². The quantitative estimate of drug-likeness (QED) is 0.544. The van der Waals surface area contributed by atoms with E-state index in [0.717, 1.165) is 22.4 Å². The first-order valence-electron chi connectivity index (χ1n) is 9.51. The van der Waals surface area contributed by atoms with E-state index in [-0.39, 0.29) is 11.8 Å². The molecule has 0 bridgehead atoms. The summed E-state index contributed by atoms with van der Waals surface area (Å²) < 4.78 is 15.8. The fraction of sp³-hybridized carbons (Fsp3) is 0.304. The van der Waals surface area contributed by atoms with Gasteiger partial charge in [0.2, 0.25) is 0 Å². The van der Waals surface area contributed by atoms with E-state index >= 15 is 0 Å². The van der Waals surface area contributed by atoms with Crippen molar-refractivity contribution in [3.8, 4) is 0 Å². The number of rotatable bonds is 7. The number of aryl methyl sites for hydroxylation is 1. The summed E-state index contributed by atoms with van der Waals surface area (Å²) in [7, 11) is 0. The standard InChI is InChI=1S/C23H26FN3O/c1-5-12-27-21-9-7-6-8-20(21)25-22(27)15-26(14-16(2)3)23(28)19-13-18(24)11-10-17(19)4/h5-11,13,16H,1,12,14-15H2,2-4H3. The molecule has 0 aliphatic carbocycles. The summed E-state index contributed by atoms with van der Waals surface area (Å²) in [4.78, 5) is 19.7. The molecule has 0 atom stereocenters. The van der Waals surface area contributed by atoms with Crippen LogP contribution in [-0.2, 0) is 13.1 Å². The van der Waals surface area contributed by atoms with Crippen LogP contribution in [-0.4, -0.2) is 26.9 Å². The van der Waals surface area contributed by atoms with Crippen molar-refractivity contribution in [1.29, 1.82) is 0 Å². The summed E-state index contributed by atoms with van der Waals surface area (Å²) in [6.07, 6.45) is 1.82. The molecule has 0 aliphatic rings. The average molecular weight is 379 g/mol. The largest absolute Gasteiger partial charge is 0.331 e. The van der Waals surface area contributed by atoms with E-state index in [9.17, 15) is 9.18 Å². The Morgan fingerprint density at radius 3 is 2.75 bits per heavy atom. The molecule has 28 heavy (non-hydrogen) atoms. The van der Waals surface area contributed by atoms with Crippen molar-refractivity contribution in [3.63, 3.8) is 0 Å². The number of hydrogen-bond donors (Lipinski definition) is 0.